The quantitative estimate of drug-likeness (QED) is 0.505. The predicted molar refractivity (Wildman–Crippen MR) is 41.3 cm³/mol. The van der Waals surface area contributed by atoms with E-state index in [0.717, 1.165) is 0 Å². The van der Waals surface area contributed by atoms with Gasteiger partial charge in [-0.15, -0.1) is 24.8 Å². The molecule has 0 amide bonds. The van der Waals surface area contributed by atoms with Crippen LogP contribution in [0.1, 0.15) is 0 Å². The number of nitrogens with zero attached hydrogens (tertiary/aromatic N) is 2. The highest BCUT2D eigenvalue weighted by atomic mass is 35.5. The molecular formula is C3H8Cl2N4. The van der Waals surface area contributed by atoms with Crippen LogP contribution in [-0.2, 0) is 0 Å². The first-order valence-electron chi connectivity index (χ1n) is 1.88. The molecule has 9 heavy (non-hydrogen) atoms. The molecule has 0 fully saturated rings. The molecule has 0 spiro atoms. The average Bonchev–Trinajstić information content (AvgIpc) is 1.69. The molecule has 0 unspecified atom stereocenters. The Bertz CT molecular complexity index is 100. The molecule has 0 aromatic carbocycles. The third-order valence-corrected chi connectivity index (χ3v) is 0.587. The lowest BCUT2D eigenvalue weighted by atomic mass is 10.8. The molecule has 0 bridgehead atoms. The Hall–Kier alpha value is -0.450. The zero-order valence-electron chi connectivity index (χ0n) is 4.52. The lowest BCUT2D eigenvalue weighted by Crippen LogP contribution is -2.26. The van der Waals surface area contributed by atoms with Gasteiger partial charge in [-0.3, -0.25) is 10.4 Å². The van der Waals surface area contributed by atoms with Gasteiger partial charge in [-0.2, -0.15) is 5.10 Å². The third kappa shape index (κ3) is 4.08. The Morgan fingerprint density at radius 2 is 2.11 bits per heavy atom. The van der Waals surface area contributed by atoms with E-state index < -0.39 is 0 Å². The van der Waals surface area contributed by atoms with Crippen molar-refractivity contribution in [2.24, 2.45) is 10.9 Å². The maximum atomic E-state index is 5.19. The van der Waals surface area contributed by atoms with Crippen molar-refractivity contribution in [3.05, 3.63) is 12.4 Å². The smallest absolute Gasteiger partial charge is 0.129 e. The van der Waals surface area contributed by atoms with Gasteiger partial charge in [0.15, 0.2) is 0 Å². The number of rotatable bonds is 0. The monoisotopic (exact) mass is 170 g/mol. The molecule has 0 atom stereocenters. The molecule has 1 heterocycles. The number of nitrogens with one attached hydrogen (secondary N) is 1. The van der Waals surface area contributed by atoms with E-state index in [0.29, 0.717) is 0 Å². The van der Waals surface area contributed by atoms with Crippen molar-refractivity contribution in [2.45, 2.75) is 0 Å². The number of hydrazine groups is 1. The number of hydrazone groups is 1. The minimum atomic E-state index is 0. The van der Waals surface area contributed by atoms with Crippen LogP contribution in [0.4, 0.5) is 0 Å². The van der Waals surface area contributed by atoms with E-state index in [1.54, 1.807) is 12.4 Å². The van der Waals surface area contributed by atoms with Crippen molar-refractivity contribution < 1.29 is 0 Å². The molecule has 0 aliphatic carbocycles. The van der Waals surface area contributed by atoms with Gasteiger partial charge in [0.25, 0.3) is 0 Å². The van der Waals surface area contributed by atoms with Gasteiger partial charge in [-0.05, 0) is 0 Å². The summed E-state index contributed by atoms with van der Waals surface area (Å²) in [4.78, 5) is 0. The van der Waals surface area contributed by atoms with E-state index in [4.69, 9.17) is 5.84 Å². The molecule has 0 saturated carbocycles. The maximum Gasteiger partial charge on any atom is 0.129 e. The van der Waals surface area contributed by atoms with E-state index in [1.807, 2.05) is 0 Å². The molecule has 0 aromatic heterocycles. The maximum absolute atomic E-state index is 5.19. The van der Waals surface area contributed by atoms with E-state index in [-0.39, 0.29) is 24.8 Å². The second-order valence-corrected chi connectivity index (χ2v) is 1.14. The lowest BCUT2D eigenvalue weighted by molar-refractivity contribution is 0.588. The standard InChI is InChI=1S/C3H6N4.2ClH/c4-7-2-1-5-6-3-7;;/h1-3,5H,4H2;2*1H. The summed E-state index contributed by atoms with van der Waals surface area (Å²) >= 11 is 0. The van der Waals surface area contributed by atoms with E-state index in [2.05, 4.69) is 10.5 Å². The van der Waals surface area contributed by atoms with Crippen molar-refractivity contribution in [3.63, 3.8) is 0 Å². The van der Waals surface area contributed by atoms with Gasteiger partial charge in [-0.1, -0.05) is 0 Å². The fourth-order valence-corrected chi connectivity index (χ4v) is 0.301. The highest BCUT2D eigenvalue weighted by Crippen LogP contribution is 1.77. The molecule has 0 aromatic rings. The van der Waals surface area contributed by atoms with Crippen molar-refractivity contribution in [2.75, 3.05) is 0 Å². The van der Waals surface area contributed by atoms with Crippen LogP contribution in [0.5, 0.6) is 0 Å². The minimum Gasteiger partial charge on any atom is -0.283 e. The predicted octanol–water partition coefficient (Wildman–Crippen LogP) is 0.0234. The van der Waals surface area contributed by atoms with Crippen molar-refractivity contribution in [3.8, 4) is 0 Å². The Morgan fingerprint density at radius 3 is 2.33 bits per heavy atom. The van der Waals surface area contributed by atoms with Crippen LogP contribution >= 0.6 is 24.8 Å². The number of halogens is 2. The van der Waals surface area contributed by atoms with E-state index in [9.17, 15) is 0 Å². The summed E-state index contributed by atoms with van der Waals surface area (Å²) in [6, 6.07) is 0. The number of hydrogen-bond acceptors (Lipinski definition) is 4. The van der Waals surface area contributed by atoms with Gasteiger partial charge in [-0.25, -0.2) is 5.84 Å². The summed E-state index contributed by atoms with van der Waals surface area (Å²) in [5.41, 5.74) is 2.58. The van der Waals surface area contributed by atoms with Crippen molar-refractivity contribution >= 4 is 31.2 Å². The fraction of sp³-hybridized carbons (Fsp3) is 0. The van der Waals surface area contributed by atoms with Crippen LogP contribution in [0, 0.1) is 0 Å². The molecule has 1 aliphatic rings. The van der Waals surface area contributed by atoms with Crippen LogP contribution in [0.25, 0.3) is 0 Å². The molecule has 54 valence electrons. The second kappa shape index (κ2) is 5.68. The minimum absolute atomic E-state index is 0. The Morgan fingerprint density at radius 1 is 1.44 bits per heavy atom. The number of hydrogen-bond donors (Lipinski definition) is 2. The first-order chi connectivity index (χ1) is 3.39. The lowest BCUT2D eigenvalue weighted by Gasteiger charge is -2.07. The third-order valence-electron chi connectivity index (χ3n) is 0.587. The highest BCUT2D eigenvalue weighted by molar-refractivity contribution is 5.85. The van der Waals surface area contributed by atoms with Gasteiger partial charge in [0.1, 0.15) is 6.34 Å². The SMILES string of the molecule is Cl.Cl.NN1C=CNN=C1. The largest absolute Gasteiger partial charge is 0.283 e. The van der Waals surface area contributed by atoms with E-state index in [1.165, 1.54) is 11.3 Å². The summed E-state index contributed by atoms with van der Waals surface area (Å²) in [6.07, 6.45) is 4.77. The zero-order valence-corrected chi connectivity index (χ0v) is 6.15. The molecule has 0 saturated heterocycles. The van der Waals surface area contributed by atoms with E-state index >= 15 is 0 Å². The summed E-state index contributed by atoms with van der Waals surface area (Å²) in [7, 11) is 0. The molecule has 1 aliphatic heterocycles. The topological polar surface area (TPSA) is 53.6 Å². The van der Waals surface area contributed by atoms with Gasteiger partial charge < -0.3 is 0 Å². The average molecular weight is 171 g/mol. The molecule has 0 radical (unpaired) electrons. The van der Waals surface area contributed by atoms with Crippen LogP contribution in [0.2, 0.25) is 0 Å². The van der Waals surface area contributed by atoms with Crippen molar-refractivity contribution in [1.29, 1.82) is 0 Å². The second-order valence-electron chi connectivity index (χ2n) is 1.14. The zero-order chi connectivity index (χ0) is 5.11. The first kappa shape index (κ1) is 11.4. The number of nitrogens with two attached hydrogens (primary N) is 1. The first-order valence-corrected chi connectivity index (χ1v) is 1.88. The van der Waals surface area contributed by atoms with Crippen LogP contribution < -0.4 is 11.3 Å². The Labute approximate surface area is 65.6 Å². The molecule has 1 rings (SSSR count). The van der Waals surface area contributed by atoms with Gasteiger partial charge in [0, 0.05) is 12.4 Å². The van der Waals surface area contributed by atoms with Crippen LogP contribution in [-0.4, -0.2) is 11.3 Å². The van der Waals surface area contributed by atoms with Gasteiger partial charge >= 0.3 is 0 Å². The fourth-order valence-electron chi connectivity index (χ4n) is 0.301. The Balaban J connectivity index is 0. The normalized spacial score (nSPS) is 13.2. The summed E-state index contributed by atoms with van der Waals surface area (Å²) < 4.78 is 0. The van der Waals surface area contributed by atoms with Gasteiger partial charge in [0.05, 0.1) is 0 Å². The molecular weight excluding hydrogens is 163 g/mol. The molecule has 4 nitrogen and oxygen atoms in total. The summed E-state index contributed by atoms with van der Waals surface area (Å²) in [5.74, 6) is 5.19. The van der Waals surface area contributed by atoms with Crippen molar-refractivity contribution in [1.82, 2.24) is 10.4 Å². The molecule has 3 N–H and O–H groups in total. The molecule has 6 heteroatoms. The highest BCUT2D eigenvalue weighted by Gasteiger charge is 1.84. The Kier molecular flexibility index (Phi) is 7.17. The van der Waals surface area contributed by atoms with Crippen LogP contribution in [0.15, 0.2) is 17.5 Å². The van der Waals surface area contributed by atoms with Gasteiger partial charge in [0.2, 0.25) is 0 Å². The van der Waals surface area contributed by atoms with Crippen LogP contribution in [0.3, 0.4) is 0 Å². The summed E-state index contributed by atoms with van der Waals surface area (Å²) in [6.45, 7) is 0. The summed E-state index contributed by atoms with van der Waals surface area (Å²) in [5, 5.41) is 4.95.